The summed E-state index contributed by atoms with van der Waals surface area (Å²) in [7, 11) is 0. The number of aromatic nitrogens is 2. The quantitative estimate of drug-likeness (QED) is 0.682. The van der Waals surface area contributed by atoms with Crippen LogP contribution in [0.15, 0.2) is 12.5 Å². The molecule has 1 saturated carbocycles. The third-order valence-corrected chi connectivity index (χ3v) is 3.88. The van der Waals surface area contributed by atoms with Gasteiger partial charge in [-0.15, -0.1) is 0 Å². The molecule has 0 bridgehead atoms. The van der Waals surface area contributed by atoms with Crippen molar-refractivity contribution in [2.75, 3.05) is 19.7 Å². The number of nitrogens with two attached hydrogens (primary N) is 1. The number of nitrogens with zero attached hydrogens (tertiary/aromatic N) is 2. The van der Waals surface area contributed by atoms with Crippen LogP contribution >= 0.6 is 0 Å². The maximum atomic E-state index is 12.0. The van der Waals surface area contributed by atoms with E-state index in [2.05, 4.69) is 10.3 Å². The highest BCUT2D eigenvalue weighted by atomic mass is 16.3. The normalized spacial score (nSPS) is 17.6. The first-order valence-electron chi connectivity index (χ1n) is 6.80. The summed E-state index contributed by atoms with van der Waals surface area (Å²) in [5.41, 5.74) is 5.72. The van der Waals surface area contributed by atoms with Gasteiger partial charge in [-0.1, -0.05) is 12.8 Å². The van der Waals surface area contributed by atoms with E-state index in [4.69, 9.17) is 5.73 Å². The molecule has 1 aromatic heterocycles. The molecule has 1 aliphatic carbocycles. The van der Waals surface area contributed by atoms with Crippen molar-refractivity contribution in [1.82, 2.24) is 14.9 Å². The number of carbonyl (C=O) groups is 1. The van der Waals surface area contributed by atoms with Crippen molar-refractivity contribution in [3.05, 3.63) is 18.2 Å². The smallest absolute Gasteiger partial charge is 0.271 e. The van der Waals surface area contributed by atoms with Crippen LogP contribution in [0.4, 0.5) is 0 Å². The Morgan fingerprint density at radius 1 is 1.53 bits per heavy atom. The van der Waals surface area contributed by atoms with Crippen molar-refractivity contribution < 1.29 is 9.90 Å². The molecule has 0 aromatic carbocycles. The summed E-state index contributed by atoms with van der Waals surface area (Å²) in [4.78, 5) is 16.0. The maximum Gasteiger partial charge on any atom is 0.271 e. The Bertz CT molecular complexity index is 424. The van der Waals surface area contributed by atoms with E-state index in [0.29, 0.717) is 25.3 Å². The Labute approximate surface area is 113 Å². The minimum atomic E-state index is -0.185. The van der Waals surface area contributed by atoms with E-state index in [1.807, 2.05) is 0 Å². The molecule has 0 aliphatic heterocycles. The molecule has 0 atom stereocenters. The van der Waals surface area contributed by atoms with Gasteiger partial charge in [0.15, 0.2) is 0 Å². The molecular formula is C13H22N4O2. The van der Waals surface area contributed by atoms with Crippen LogP contribution in [0.5, 0.6) is 0 Å². The third-order valence-electron chi connectivity index (χ3n) is 3.88. The zero-order valence-corrected chi connectivity index (χ0v) is 11.1. The molecule has 106 valence electrons. The Hall–Kier alpha value is -1.40. The Morgan fingerprint density at radius 2 is 2.26 bits per heavy atom. The predicted octanol–water partition coefficient (Wildman–Crippen LogP) is 0.124. The summed E-state index contributed by atoms with van der Waals surface area (Å²) in [6.07, 6.45) is 7.52. The number of aliphatic hydroxyl groups is 1. The first-order valence-corrected chi connectivity index (χ1v) is 6.80. The lowest BCUT2D eigenvalue weighted by atomic mass is 9.87. The first-order chi connectivity index (χ1) is 9.19. The fourth-order valence-electron chi connectivity index (χ4n) is 2.62. The molecule has 1 aromatic rings. The zero-order chi connectivity index (χ0) is 13.7. The van der Waals surface area contributed by atoms with Crippen molar-refractivity contribution in [3.63, 3.8) is 0 Å². The summed E-state index contributed by atoms with van der Waals surface area (Å²) in [5.74, 6) is -0.185. The summed E-state index contributed by atoms with van der Waals surface area (Å²) >= 11 is 0. The summed E-state index contributed by atoms with van der Waals surface area (Å²) in [5, 5.41) is 12.4. The molecule has 1 fully saturated rings. The van der Waals surface area contributed by atoms with Crippen molar-refractivity contribution in [2.45, 2.75) is 32.2 Å². The highest BCUT2D eigenvalue weighted by Crippen LogP contribution is 2.36. The minimum absolute atomic E-state index is 0.129. The largest absolute Gasteiger partial charge is 0.396 e. The highest BCUT2D eigenvalue weighted by molar-refractivity contribution is 5.92. The maximum absolute atomic E-state index is 12.0. The standard InChI is InChI=1S/C13H22N4O2/c14-5-6-17-7-11(16-10-17)12(19)15-8-13(9-18)3-1-2-4-13/h7,10,18H,1-6,8-9,14H2,(H,15,19). The molecular weight excluding hydrogens is 244 g/mol. The van der Waals surface area contributed by atoms with Gasteiger partial charge in [-0.25, -0.2) is 4.98 Å². The van der Waals surface area contributed by atoms with Crippen LogP contribution in [0.25, 0.3) is 0 Å². The molecule has 0 saturated heterocycles. The number of imidazole rings is 1. The lowest BCUT2D eigenvalue weighted by Crippen LogP contribution is -2.38. The van der Waals surface area contributed by atoms with Crippen molar-refractivity contribution >= 4 is 5.91 Å². The number of amides is 1. The lowest BCUT2D eigenvalue weighted by Gasteiger charge is -2.26. The Morgan fingerprint density at radius 3 is 2.89 bits per heavy atom. The topological polar surface area (TPSA) is 93.2 Å². The molecule has 0 spiro atoms. The SMILES string of the molecule is NCCn1cnc(C(=O)NCC2(CO)CCCC2)c1. The zero-order valence-electron chi connectivity index (χ0n) is 11.1. The van der Waals surface area contributed by atoms with E-state index < -0.39 is 0 Å². The van der Waals surface area contributed by atoms with E-state index >= 15 is 0 Å². The van der Waals surface area contributed by atoms with Crippen LogP contribution in [0.1, 0.15) is 36.2 Å². The molecule has 1 aliphatic rings. The van der Waals surface area contributed by atoms with Crippen LogP contribution in [-0.4, -0.2) is 40.3 Å². The van der Waals surface area contributed by atoms with Gasteiger partial charge in [0.25, 0.3) is 5.91 Å². The van der Waals surface area contributed by atoms with Gasteiger partial charge in [0.05, 0.1) is 12.9 Å². The van der Waals surface area contributed by atoms with Gasteiger partial charge in [-0.3, -0.25) is 4.79 Å². The fraction of sp³-hybridized carbons (Fsp3) is 0.692. The first kappa shape index (κ1) is 14.0. The number of carbonyl (C=O) groups excluding carboxylic acids is 1. The molecule has 0 radical (unpaired) electrons. The van der Waals surface area contributed by atoms with Crippen LogP contribution in [-0.2, 0) is 6.54 Å². The van der Waals surface area contributed by atoms with Gasteiger partial charge in [-0.05, 0) is 12.8 Å². The molecule has 6 nitrogen and oxygen atoms in total. The van der Waals surface area contributed by atoms with Gasteiger partial charge in [-0.2, -0.15) is 0 Å². The van der Waals surface area contributed by atoms with Crippen molar-refractivity contribution in [3.8, 4) is 0 Å². The van der Waals surface area contributed by atoms with E-state index in [1.54, 1.807) is 17.1 Å². The summed E-state index contributed by atoms with van der Waals surface area (Å²) in [6.45, 7) is 1.83. The second kappa shape index (κ2) is 6.16. The summed E-state index contributed by atoms with van der Waals surface area (Å²) < 4.78 is 1.80. The molecule has 6 heteroatoms. The highest BCUT2D eigenvalue weighted by Gasteiger charge is 2.33. The van der Waals surface area contributed by atoms with Gasteiger partial charge in [0.1, 0.15) is 5.69 Å². The molecule has 1 amide bonds. The number of rotatable bonds is 6. The lowest BCUT2D eigenvalue weighted by molar-refractivity contribution is 0.0876. The number of aliphatic hydroxyl groups excluding tert-OH is 1. The Balaban J connectivity index is 1.89. The van der Waals surface area contributed by atoms with Gasteiger partial charge in [0, 0.05) is 31.2 Å². The number of hydrogen-bond acceptors (Lipinski definition) is 4. The molecule has 2 rings (SSSR count). The average molecular weight is 266 g/mol. The second-order valence-electron chi connectivity index (χ2n) is 5.33. The fourth-order valence-corrected chi connectivity index (χ4v) is 2.62. The van der Waals surface area contributed by atoms with Gasteiger partial charge in [0.2, 0.25) is 0 Å². The van der Waals surface area contributed by atoms with Gasteiger partial charge < -0.3 is 20.7 Å². The van der Waals surface area contributed by atoms with Crippen molar-refractivity contribution in [2.24, 2.45) is 11.1 Å². The van der Waals surface area contributed by atoms with E-state index in [0.717, 1.165) is 25.7 Å². The summed E-state index contributed by atoms with van der Waals surface area (Å²) in [6, 6.07) is 0. The van der Waals surface area contributed by atoms with E-state index in [1.165, 1.54) is 0 Å². The monoisotopic (exact) mass is 266 g/mol. The molecule has 1 heterocycles. The number of nitrogens with one attached hydrogen (secondary N) is 1. The predicted molar refractivity (Wildman–Crippen MR) is 71.6 cm³/mol. The van der Waals surface area contributed by atoms with Crippen LogP contribution in [0.2, 0.25) is 0 Å². The van der Waals surface area contributed by atoms with E-state index in [-0.39, 0.29) is 17.9 Å². The van der Waals surface area contributed by atoms with Gasteiger partial charge >= 0.3 is 0 Å². The number of hydrogen-bond donors (Lipinski definition) is 3. The van der Waals surface area contributed by atoms with Crippen LogP contribution < -0.4 is 11.1 Å². The van der Waals surface area contributed by atoms with Crippen LogP contribution in [0, 0.1) is 5.41 Å². The van der Waals surface area contributed by atoms with Crippen molar-refractivity contribution in [1.29, 1.82) is 0 Å². The molecule has 19 heavy (non-hydrogen) atoms. The van der Waals surface area contributed by atoms with E-state index in [9.17, 15) is 9.90 Å². The molecule has 0 unspecified atom stereocenters. The minimum Gasteiger partial charge on any atom is -0.396 e. The molecule has 4 N–H and O–H groups in total. The third kappa shape index (κ3) is 3.33. The Kier molecular flexibility index (Phi) is 4.55. The second-order valence-corrected chi connectivity index (χ2v) is 5.33. The van der Waals surface area contributed by atoms with Crippen LogP contribution in [0.3, 0.4) is 0 Å². The average Bonchev–Trinajstić information content (AvgIpc) is 3.06.